The molecule has 0 unspecified atom stereocenters. The number of fused-ring (bicyclic) bond motifs is 4. The van der Waals surface area contributed by atoms with Crippen LogP contribution in [0.4, 0.5) is 34.1 Å². The van der Waals surface area contributed by atoms with Crippen LogP contribution in [-0.2, 0) is 21.7 Å². The summed E-state index contributed by atoms with van der Waals surface area (Å²) in [6.45, 7) is 28.1. The van der Waals surface area contributed by atoms with Crippen LogP contribution < -0.4 is 26.2 Å². The van der Waals surface area contributed by atoms with E-state index >= 15 is 0 Å². The molecule has 10 aromatic rings. The minimum absolute atomic E-state index is 0.0295. The van der Waals surface area contributed by atoms with Crippen LogP contribution in [0.15, 0.2) is 176 Å². The van der Waals surface area contributed by atoms with Crippen LogP contribution >= 0.6 is 0 Å². The number of hydrogen-bond donors (Lipinski definition) is 0. The van der Waals surface area contributed by atoms with Crippen LogP contribution in [0, 0.1) is 0 Å². The van der Waals surface area contributed by atoms with E-state index in [2.05, 4.69) is 269 Å². The van der Waals surface area contributed by atoms with Gasteiger partial charge in [-0.05, 0) is 158 Å². The molecule has 0 atom stereocenters. The van der Waals surface area contributed by atoms with E-state index in [1.165, 1.54) is 127 Å². The van der Waals surface area contributed by atoms with Crippen molar-refractivity contribution < 1.29 is 0 Å². The van der Waals surface area contributed by atoms with Gasteiger partial charge in [-0.2, -0.15) is 0 Å². The molecule has 0 N–H and O–H groups in total. The van der Waals surface area contributed by atoms with E-state index in [4.69, 9.17) is 0 Å². The van der Waals surface area contributed by atoms with Gasteiger partial charge in [0.15, 0.2) is 0 Å². The summed E-state index contributed by atoms with van der Waals surface area (Å²) in [6.07, 6.45) is 0. The van der Waals surface area contributed by atoms with Gasteiger partial charge < -0.3 is 9.80 Å². The summed E-state index contributed by atoms with van der Waals surface area (Å²) in [5.41, 5.74) is 21.3. The van der Waals surface area contributed by atoms with Gasteiger partial charge in [-0.15, -0.1) is 0 Å². The van der Waals surface area contributed by atoms with Gasteiger partial charge in [0, 0.05) is 34.0 Å². The van der Waals surface area contributed by atoms with Crippen LogP contribution in [0.25, 0.3) is 54.6 Å². The summed E-state index contributed by atoms with van der Waals surface area (Å²) in [5, 5.41) is 7.80. The van der Waals surface area contributed by atoms with Crippen LogP contribution in [-0.4, -0.2) is 6.71 Å². The zero-order valence-corrected chi connectivity index (χ0v) is 43.7. The molecule has 0 bridgehead atoms. The van der Waals surface area contributed by atoms with E-state index in [0.717, 1.165) is 0 Å². The van der Waals surface area contributed by atoms with Crippen molar-refractivity contribution in [3.8, 4) is 22.3 Å². The van der Waals surface area contributed by atoms with Crippen LogP contribution in [0.3, 0.4) is 0 Å². The first kappa shape index (κ1) is 45.1. The van der Waals surface area contributed by atoms with E-state index in [1.54, 1.807) is 0 Å². The Morgan fingerprint density at radius 2 is 0.845 bits per heavy atom. The van der Waals surface area contributed by atoms with Crippen LogP contribution in [0.2, 0.25) is 0 Å². The molecule has 3 heteroatoms. The van der Waals surface area contributed by atoms with Crippen molar-refractivity contribution in [3.63, 3.8) is 0 Å². The third-order valence-corrected chi connectivity index (χ3v) is 15.8. The van der Waals surface area contributed by atoms with Crippen molar-refractivity contribution in [2.45, 2.75) is 105 Å². The van der Waals surface area contributed by atoms with E-state index in [9.17, 15) is 0 Å². The monoisotopic (exact) mass is 921 g/mol. The fraction of sp³-hybridized carbons (Fsp3) is 0.235. The van der Waals surface area contributed by atoms with Crippen molar-refractivity contribution in [3.05, 3.63) is 198 Å². The summed E-state index contributed by atoms with van der Waals surface area (Å²) in [7, 11) is 0. The Morgan fingerprint density at radius 1 is 0.324 bits per heavy atom. The van der Waals surface area contributed by atoms with Crippen molar-refractivity contribution in [2.75, 3.05) is 9.80 Å². The lowest BCUT2D eigenvalue weighted by Gasteiger charge is -2.46. The fourth-order valence-electron chi connectivity index (χ4n) is 11.7. The molecule has 0 saturated heterocycles. The molecule has 0 aromatic heterocycles. The molecular weight excluding hydrogens is 856 g/mol. The first-order valence-corrected chi connectivity index (χ1v) is 25.8. The van der Waals surface area contributed by atoms with E-state index in [1.807, 2.05) is 0 Å². The summed E-state index contributed by atoms with van der Waals surface area (Å²) in [4.78, 5) is 5.25. The molecule has 10 aromatic carbocycles. The number of hydrogen-bond acceptors (Lipinski definition) is 2. The first-order chi connectivity index (χ1) is 33.7. The average molecular weight is 921 g/mol. The van der Waals surface area contributed by atoms with Gasteiger partial charge in [0.1, 0.15) is 0 Å². The summed E-state index contributed by atoms with van der Waals surface area (Å²) < 4.78 is 0. The molecule has 0 saturated carbocycles. The minimum Gasteiger partial charge on any atom is -0.311 e. The molecule has 0 aliphatic carbocycles. The second-order valence-corrected chi connectivity index (χ2v) is 24.7. The standard InChI is InChI=1S/C68H65BN2/c1-65(2,3)47-26-30-51(31-27-47)70-58-36-29-49(67(7,8)9)39-56(58)69-55-37-46(42-17-14-13-15-18-42)25-34-59(55)71(61-41-50(68(10,11)12)40-60(70)64(61)69)57-35-28-48(66(4,5)6)38-54(57)52-32-23-45-22-21-43-19-16-20-44-24-33-53(52)63(45)62(43)44/h13-41H,1-12H3. The molecule has 0 amide bonds. The quantitative estimate of drug-likeness (QED) is 0.128. The molecule has 71 heavy (non-hydrogen) atoms. The average Bonchev–Trinajstić information content (AvgIpc) is 3.34. The fourth-order valence-corrected chi connectivity index (χ4v) is 11.7. The highest BCUT2D eigenvalue weighted by Gasteiger charge is 2.45. The van der Waals surface area contributed by atoms with Gasteiger partial charge >= 0.3 is 0 Å². The predicted molar refractivity (Wildman–Crippen MR) is 310 cm³/mol. The smallest absolute Gasteiger partial charge is 0.252 e. The van der Waals surface area contributed by atoms with E-state index in [0.29, 0.717) is 0 Å². The highest BCUT2D eigenvalue weighted by molar-refractivity contribution is 7.00. The van der Waals surface area contributed by atoms with Crippen molar-refractivity contribution >= 4 is 89.5 Å². The maximum absolute atomic E-state index is 2.66. The Balaban J connectivity index is 1.22. The normalized spacial score (nSPS) is 13.8. The highest BCUT2D eigenvalue weighted by Crippen LogP contribution is 2.51. The van der Waals surface area contributed by atoms with Crippen molar-refractivity contribution in [1.29, 1.82) is 0 Å². The molecule has 2 nitrogen and oxygen atoms in total. The van der Waals surface area contributed by atoms with Gasteiger partial charge in [-0.3, -0.25) is 0 Å². The molecule has 12 rings (SSSR count). The SMILES string of the molecule is CC(C)(C)c1ccc(N2c3ccc(C(C)(C)C)cc3B3c4cc(-c5ccccc5)ccc4N(c4ccc(C(C)(C)C)cc4-c4ccc5ccc6cccc7ccc4c5c67)c4cc(C(C)(C)C)cc2c43)cc1. The predicted octanol–water partition coefficient (Wildman–Crippen LogP) is 17.2. The van der Waals surface area contributed by atoms with Crippen molar-refractivity contribution in [1.82, 2.24) is 0 Å². The molecule has 2 aliphatic rings. The highest BCUT2D eigenvalue weighted by atomic mass is 15.2. The Labute approximate surface area is 422 Å². The van der Waals surface area contributed by atoms with E-state index in [-0.39, 0.29) is 28.4 Å². The Kier molecular flexibility index (Phi) is 9.97. The number of anilines is 6. The second-order valence-electron chi connectivity index (χ2n) is 24.7. The lowest BCUT2D eigenvalue weighted by Crippen LogP contribution is -2.61. The third-order valence-electron chi connectivity index (χ3n) is 15.8. The molecule has 2 heterocycles. The first-order valence-electron chi connectivity index (χ1n) is 25.8. The third kappa shape index (κ3) is 7.29. The Hall–Kier alpha value is -7.10. The van der Waals surface area contributed by atoms with Crippen molar-refractivity contribution in [2.24, 2.45) is 0 Å². The van der Waals surface area contributed by atoms with Gasteiger partial charge in [-0.25, -0.2) is 0 Å². The molecule has 0 fully saturated rings. The zero-order chi connectivity index (χ0) is 49.5. The number of benzene rings is 10. The number of nitrogens with zero attached hydrogens (tertiary/aromatic N) is 2. The Morgan fingerprint density at radius 3 is 1.49 bits per heavy atom. The zero-order valence-electron chi connectivity index (χ0n) is 43.7. The van der Waals surface area contributed by atoms with Crippen LogP contribution in [0.5, 0.6) is 0 Å². The molecule has 0 spiro atoms. The number of rotatable bonds is 4. The topological polar surface area (TPSA) is 6.48 Å². The lowest BCUT2D eigenvalue weighted by molar-refractivity contribution is 0.589. The van der Waals surface area contributed by atoms with Gasteiger partial charge in [-0.1, -0.05) is 210 Å². The largest absolute Gasteiger partial charge is 0.311 e. The second kappa shape index (κ2) is 15.7. The van der Waals surface area contributed by atoms with Gasteiger partial charge in [0.2, 0.25) is 0 Å². The molecule has 0 radical (unpaired) electrons. The summed E-state index contributed by atoms with van der Waals surface area (Å²) >= 11 is 0. The molecular formula is C68H65BN2. The maximum atomic E-state index is 2.66. The summed E-state index contributed by atoms with van der Waals surface area (Å²) in [5.74, 6) is 0. The lowest BCUT2D eigenvalue weighted by atomic mass is 9.33. The van der Waals surface area contributed by atoms with Gasteiger partial charge in [0.25, 0.3) is 6.71 Å². The maximum Gasteiger partial charge on any atom is 0.252 e. The van der Waals surface area contributed by atoms with Crippen LogP contribution in [0.1, 0.15) is 105 Å². The Bertz CT molecular complexity index is 3720. The minimum atomic E-state index is -0.146. The van der Waals surface area contributed by atoms with E-state index < -0.39 is 0 Å². The molecule has 350 valence electrons. The molecule has 2 aliphatic heterocycles. The van der Waals surface area contributed by atoms with Gasteiger partial charge in [0.05, 0.1) is 5.69 Å². The summed E-state index contributed by atoms with van der Waals surface area (Å²) in [6, 6.07) is 68.2.